The summed E-state index contributed by atoms with van der Waals surface area (Å²) < 4.78 is 6.49. The standard InChI is InChI=1S/C25H30N2O3/c1-3-27-15-14-25(13-12-24(27)29)17-21(20-6-4-5-7-22(20)30-25)26-23(28)16-19-10-8-18(2)9-11-19/h4-11,21H,3,12-17H2,1-2H3,(H,26,28)/t21-,25-/m0/s1. The predicted octanol–water partition coefficient (Wildman–Crippen LogP) is 3.95. The first-order valence-electron chi connectivity index (χ1n) is 10.9. The average molecular weight is 407 g/mol. The molecule has 158 valence electrons. The van der Waals surface area contributed by atoms with Crippen molar-refractivity contribution in [3.8, 4) is 5.75 Å². The Morgan fingerprint density at radius 1 is 1.17 bits per heavy atom. The summed E-state index contributed by atoms with van der Waals surface area (Å²) in [5.74, 6) is 1.02. The van der Waals surface area contributed by atoms with Crippen LogP contribution >= 0.6 is 0 Å². The maximum atomic E-state index is 12.9. The van der Waals surface area contributed by atoms with E-state index in [2.05, 4.69) is 5.32 Å². The fourth-order valence-corrected chi connectivity index (χ4v) is 4.61. The average Bonchev–Trinajstić information content (AvgIpc) is 2.88. The number of fused-ring (bicyclic) bond motifs is 1. The highest BCUT2D eigenvalue weighted by molar-refractivity contribution is 5.79. The Labute approximate surface area is 178 Å². The van der Waals surface area contributed by atoms with Crippen LogP contribution in [0.25, 0.3) is 0 Å². The minimum absolute atomic E-state index is 0.00980. The highest BCUT2D eigenvalue weighted by Crippen LogP contribution is 2.44. The Morgan fingerprint density at radius 3 is 2.70 bits per heavy atom. The summed E-state index contributed by atoms with van der Waals surface area (Å²) in [6.07, 6.45) is 3.00. The van der Waals surface area contributed by atoms with Crippen molar-refractivity contribution in [3.05, 3.63) is 65.2 Å². The van der Waals surface area contributed by atoms with Crippen molar-refractivity contribution in [1.29, 1.82) is 0 Å². The van der Waals surface area contributed by atoms with Crippen LogP contribution in [0.5, 0.6) is 5.75 Å². The molecule has 0 saturated carbocycles. The first-order valence-corrected chi connectivity index (χ1v) is 10.9. The lowest BCUT2D eigenvalue weighted by atomic mass is 9.82. The number of carbonyl (C=O) groups is 2. The third-order valence-electron chi connectivity index (χ3n) is 6.38. The van der Waals surface area contributed by atoms with Gasteiger partial charge in [0.1, 0.15) is 11.4 Å². The molecule has 4 rings (SSSR count). The molecular weight excluding hydrogens is 376 g/mol. The minimum atomic E-state index is -0.421. The molecule has 1 spiro atoms. The first-order chi connectivity index (χ1) is 14.5. The van der Waals surface area contributed by atoms with Gasteiger partial charge in [0, 0.05) is 37.9 Å². The van der Waals surface area contributed by atoms with Crippen LogP contribution in [-0.2, 0) is 16.0 Å². The highest BCUT2D eigenvalue weighted by atomic mass is 16.5. The van der Waals surface area contributed by atoms with Gasteiger partial charge in [-0.1, -0.05) is 48.0 Å². The maximum absolute atomic E-state index is 12.9. The lowest BCUT2D eigenvalue weighted by Gasteiger charge is -2.42. The molecule has 2 aliphatic rings. The second-order valence-corrected chi connectivity index (χ2v) is 8.53. The van der Waals surface area contributed by atoms with Crippen molar-refractivity contribution >= 4 is 11.8 Å². The van der Waals surface area contributed by atoms with E-state index < -0.39 is 5.60 Å². The molecule has 0 unspecified atom stereocenters. The normalized spacial score (nSPS) is 23.5. The third-order valence-corrected chi connectivity index (χ3v) is 6.38. The van der Waals surface area contributed by atoms with Gasteiger partial charge < -0.3 is 15.0 Å². The van der Waals surface area contributed by atoms with E-state index in [1.54, 1.807) is 0 Å². The van der Waals surface area contributed by atoms with E-state index in [4.69, 9.17) is 4.74 Å². The molecular formula is C25H30N2O3. The molecule has 2 atom stereocenters. The SMILES string of the molecule is CCN1CC[C@@]2(CCC1=O)C[C@H](NC(=O)Cc1ccc(C)cc1)c1ccccc1O2. The number of hydrogen-bond acceptors (Lipinski definition) is 3. The second kappa shape index (κ2) is 8.50. The van der Waals surface area contributed by atoms with Crippen molar-refractivity contribution in [3.63, 3.8) is 0 Å². The van der Waals surface area contributed by atoms with Crippen LogP contribution < -0.4 is 10.1 Å². The van der Waals surface area contributed by atoms with E-state index in [9.17, 15) is 9.59 Å². The molecule has 2 aromatic rings. The van der Waals surface area contributed by atoms with Gasteiger partial charge in [-0.25, -0.2) is 0 Å². The zero-order chi connectivity index (χ0) is 21.1. The van der Waals surface area contributed by atoms with E-state index in [1.165, 1.54) is 5.56 Å². The number of nitrogens with one attached hydrogen (secondary N) is 1. The number of aryl methyl sites for hydroxylation is 1. The monoisotopic (exact) mass is 406 g/mol. The molecule has 1 saturated heterocycles. The number of amides is 2. The fourth-order valence-electron chi connectivity index (χ4n) is 4.61. The molecule has 0 radical (unpaired) electrons. The summed E-state index contributed by atoms with van der Waals surface area (Å²) in [6.45, 7) is 5.48. The Morgan fingerprint density at radius 2 is 1.93 bits per heavy atom. The third kappa shape index (κ3) is 4.35. The summed E-state index contributed by atoms with van der Waals surface area (Å²) in [6, 6.07) is 15.9. The van der Waals surface area contributed by atoms with Crippen LogP contribution in [-0.4, -0.2) is 35.4 Å². The molecule has 30 heavy (non-hydrogen) atoms. The summed E-state index contributed by atoms with van der Waals surface area (Å²) >= 11 is 0. The van der Waals surface area contributed by atoms with Crippen molar-refractivity contribution in [2.45, 2.75) is 57.6 Å². The molecule has 2 amide bonds. The van der Waals surface area contributed by atoms with Crippen LogP contribution in [0.2, 0.25) is 0 Å². The Bertz CT molecular complexity index is 924. The van der Waals surface area contributed by atoms with Crippen LogP contribution in [0.4, 0.5) is 0 Å². The molecule has 5 nitrogen and oxygen atoms in total. The first kappa shape index (κ1) is 20.5. The number of benzene rings is 2. The van der Waals surface area contributed by atoms with Gasteiger partial charge in [0.15, 0.2) is 0 Å². The molecule has 0 aromatic heterocycles. The van der Waals surface area contributed by atoms with Gasteiger partial charge in [0.25, 0.3) is 0 Å². The number of likely N-dealkylation sites (tertiary alicyclic amines) is 1. The van der Waals surface area contributed by atoms with Gasteiger partial charge in [-0.15, -0.1) is 0 Å². The molecule has 2 aromatic carbocycles. The smallest absolute Gasteiger partial charge is 0.224 e. The molecule has 5 heteroatoms. The van der Waals surface area contributed by atoms with E-state index in [0.717, 1.165) is 29.8 Å². The summed E-state index contributed by atoms with van der Waals surface area (Å²) in [5.41, 5.74) is 2.79. The van der Waals surface area contributed by atoms with E-state index in [0.29, 0.717) is 32.2 Å². The number of ether oxygens (including phenoxy) is 1. The number of hydrogen-bond donors (Lipinski definition) is 1. The predicted molar refractivity (Wildman–Crippen MR) is 116 cm³/mol. The second-order valence-electron chi connectivity index (χ2n) is 8.53. The quantitative estimate of drug-likeness (QED) is 0.836. The lowest BCUT2D eigenvalue weighted by Crippen LogP contribution is -2.46. The van der Waals surface area contributed by atoms with Crippen molar-refractivity contribution in [2.75, 3.05) is 13.1 Å². The number of rotatable bonds is 4. The van der Waals surface area contributed by atoms with Crippen molar-refractivity contribution in [1.82, 2.24) is 10.2 Å². The lowest BCUT2D eigenvalue weighted by molar-refractivity contribution is -0.130. The Kier molecular flexibility index (Phi) is 5.80. The van der Waals surface area contributed by atoms with E-state index >= 15 is 0 Å². The number of carbonyl (C=O) groups excluding carboxylic acids is 2. The van der Waals surface area contributed by atoms with Crippen LogP contribution in [0.1, 0.15) is 55.3 Å². The largest absolute Gasteiger partial charge is 0.487 e. The molecule has 1 N–H and O–H groups in total. The molecule has 0 bridgehead atoms. The van der Waals surface area contributed by atoms with Crippen LogP contribution in [0.15, 0.2) is 48.5 Å². The Hall–Kier alpha value is -2.82. The molecule has 1 fully saturated rings. The fraction of sp³-hybridized carbons (Fsp3) is 0.440. The zero-order valence-electron chi connectivity index (χ0n) is 17.8. The number of para-hydroxylation sites is 1. The van der Waals surface area contributed by atoms with Crippen molar-refractivity contribution in [2.24, 2.45) is 0 Å². The van der Waals surface area contributed by atoms with Gasteiger partial charge in [-0.05, 0) is 31.9 Å². The summed E-state index contributed by atoms with van der Waals surface area (Å²) in [4.78, 5) is 27.2. The van der Waals surface area contributed by atoms with E-state index in [1.807, 2.05) is 67.3 Å². The zero-order valence-corrected chi connectivity index (χ0v) is 17.8. The Balaban J connectivity index is 1.53. The molecule has 2 heterocycles. The van der Waals surface area contributed by atoms with Gasteiger partial charge in [0.2, 0.25) is 11.8 Å². The number of nitrogens with zero attached hydrogens (tertiary/aromatic N) is 1. The molecule has 2 aliphatic heterocycles. The van der Waals surface area contributed by atoms with Crippen LogP contribution in [0.3, 0.4) is 0 Å². The summed E-state index contributed by atoms with van der Waals surface area (Å²) in [5, 5.41) is 3.25. The minimum Gasteiger partial charge on any atom is -0.487 e. The van der Waals surface area contributed by atoms with Crippen LogP contribution in [0, 0.1) is 6.92 Å². The molecule has 0 aliphatic carbocycles. The van der Waals surface area contributed by atoms with Gasteiger partial charge in [-0.2, -0.15) is 0 Å². The highest BCUT2D eigenvalue weighted by Gasteiger charge is 2.43. The van der Waals surface area contributed by atoms with Gasteiger partial charge in [-0.3, -0.25) is 9.59 Å². The maximum Gasteiger partial charge on any atom is 0.224 e. The summed E-state index contributed by atoms with van der Waals surface area (Å²) in [7, 11) is 0. The van der Waals surface area contributed by atoms with Crippen molar-refractivity contribution < 1.29 is 14.3 Å². The topological polar surface area (TPSA) is 58.6 Å². The van der Waals surface area contributed by atoms with Gasteiger partial charge >= 0.3 is 0 Å². The van der Waals surface area contributed by atoms with E-state index in [-0.39, 0.29) is 17.9 Å². The van der Waals surface area contributed by atoms with Gasteiger partial charge in [0.05, 0.1) is 12.5 Å².